The van der Waals surface area contributed by atoms with Gasteiger partial charge < -0.3 is 4.98 Å². The summed E-state index contributed by atoms with van der Waals surface area (Å²) in [6.07, 6.45) is 0. The van der Waals surface area contributed by atoms with Gasteiger partial charge in [0.2, 0.25) is 0 Å². The van der Waals surface area contributed by atoms with Crippen molar-refractivity contribution in [2.45, 2.75) is 33.4 Å². The Kier molecular flexibility index (Phi) is 5.56. The minimum absolute atomic E-state index is 0.0201. The SMILES string of the molecule is Cc1sc2nc([C@@H](C)N3CCN(Cc4cccc(Cl)c4)CC3)[nH]c(=O)c2c1C. The van der Waals surface area contributed by atoms with Crippen LogP contribution in [0.1, 0.15) is 34.8 Å². The van der Waals surface area contributed by atoms with E-state index in [4.69, 9.17) is 16.6 Å². The van der Waals surface area contributed by atoms with Gasteiger partial charge in [-0.1, -0.05) is 23.7 Å². The lowest BCUT2D eigenvalue weighted by Crippen LogP contribution is -2.47. The zero-order valence-corrected chi connectivity index (χ0v) is 18.0. The van der Waals surface area contributed by atoms with Crippen molar-refractivity contribution in [3.05, 3.63) is 61.5 Å². The van der Waals surface area contributed by atoms with E-state index in [0.717, 1.165) is 64.2 Å². The van der Waals surface area contributed by atoms with E-state index in [0.29, 0.717) is 0 Å². The number of halogens is 1. The molecule has 1 saturated heterocycles. The van der Waals surface area contributed by atoms with Crippen LogP contribution in [0.25, 0.3) is 10.2 Å². The fraction of sp³-hybridized carbons (Fsp3) is 0.429. The van der Waals surface area contributed by atoms with Gasteiger partial charge >= 0.3 is 0 Å². The van der Waals surface area contributed by atoms with Crippen LogP contribution >= 0.6 is 22.9 Å². The summed E-state index contributed by atoms with van der Waals surface area (Å²) < 4.78 is 0. The minimum Gasteiger partial charge on any atom is -0.309 e. The third-order valence-corrected chi connectivity index (χ3v) is 7.04. The average molecular weight is 417 g/mol. The van der Waals surface area contributed by atoms with Crippen LogP contribution in [-0.4, -0.2) is 45.9 Å². The summed E-state index contributed by atoms with van der Waals surface area (Å²) in [7, 11) is 0. The molecular formula is C21H25ClN4OS. The minimum atomic E-state index is -0.0201. The number of hydrogen-bond acceptors (Lipinski definition) is 5. The van der Waals surface area contributed by atoms with E-state index in [-0.39, 0.29) is 11.6 Å². The van der Waals surface area contributed by atoms with E-state index in [9.17, 15) is 4.79 Å². The summed E-state index contributed by atoms with van der Waals surface area (Å²) >= 11 is 7.70. The van der Waals surface area contributed by atoms with Gasteiger partial charge in [-0.25, -0.2) is 4.98 Å². The van der Waals surface area contributed by atoms with Crippen LogP contribution in [0.3, 0.4) is 0 Å². The molecule has 1 aliphatic heterocycles. The first-order chi connectivity index (χ1) is 13.4. The Morgan fingerprint density at radius 2 is 2.00 bits per heavy atom. The molecule has 1 aliphatic rings. The lowest BCUT2D eigenvalue weighted by molar-refractivity contribution is 0.0948. The highest BCUT2D eigenvalue weighted by atomic mass is 35.5. The Morgan fingerprint density at radius 1 is 1.25 bits per heavy atom. The molecule has 0 radical (unpaired) electrons. The van der Waals surface area contributed by atoms with Crippen LogP contribution in [0.2, 0.25) is 5.02 Å². The zero-order chi connectivity index (χ0) is 19.8. The zero-order valence-electron chi connectivity index (χ0n) is 16.5. The van der Waals surface area contributed by atoms with E-state index in [2.05, 4.69) is 27.8 Å². The second-order valence-corrected chi connectivity index (χ2v) is 9.17. The van der Waals surface area contributed by atoms with Crippen LogP contribution in [-0.2, 0) is 6.54 Å². The molecule has 3 aromatic rings. The molecule has 1 atom stereocenters. The Morgan fingerprint density at radius 3 is 2.71 bits per heavy atom. The molecule has 5 nitrogen and oxygen atoms in total. The molecule has 4 rings (SSSR count). The molecule has 0 spiro atoms. The molecule has 148 valence electrons. The molecule has 28 heavy (non-hydrogen) atoms. The van der Waals surface area contributed by atoms with Crippen molar-refractivity contribution >= 4 is 33.2 Å². The van der Waals surface area contributed by atoms with Crippen molar-refractivity contribution in [1.82, 2.24) is 19.8 Å². The smallest absolute Gasteiger partial charge is 0.259 e. The molecular weight excluding hydrogens is 392 g/mol. The molecule has 0 unspecified atom stereocenters. The van der Waals surface area contributed by atoms with Gasteiger partial charge in [-0.2, -0.15) is 0 Å². The maximum absolute atomic E-state index is 12.6. The van der Waals surface area contributed by atoms with Crippen LogP contribution < -0.4 is 5.56 Å². The number of nitrogens with one attached hydrogen (secondary N) is 1. The standard InChI is InChI=1S/C21H25ClN4OS/c1-13-15(3)28-21-18(13)20(27)23-19(24-21)14(2)26-9-7-25(8-10-26)12-16-5-4-6-17(22)11-16/h4-6,11,14H,7-10,12H2,1-3H3,(H,23,24,27)/t14-/m1/s1. The predicted molar refractivity (Wildman–Crippen MR) is 116 cm³/mol. The lowest BCUT2D eigenvalue weighted by Gasteiger charge is -2.37. The predicted octanol–water partition coefficient (Wildman–Crippen LogP) is 4.13. The Labute approximate surface area is 174 Å². The van der Waals surface area contributed by atoms with Gasteiger partial charge in [-0.15, -0.1) is 11.3 Å². The van der Waals surface area contributed by atoms with Gasteiger partial charge in [0.25, 0.3) is 5.56 Å². The Balaban J connectivity index is 1.44. The largest absolute Gasteiger partial charge is 0.309 e. The van der Waals surface area contributed by atoms with Crippen molar-refractivity contribution in [1.29, 1.82) is 0 Å². The van der Waals surface area contributed by atoms with Crippen molar-refractivity contribution in [3.8, 4) is 0 Å². The summed E-state index contributed by atoms with van der Waals surface area (Å²) in [6, 6.07) is 8.16. The second kappa shape index (κ2) is 7.95. The fourth-order valence-electron chi connectivity index (χ4n) is 3.84. The van der Waals surface area contributed by atoms with Gasteiger partial charge in [0.05, 0.1) is 11.4 Å². The summed E-state index contributed by atoms with van der Waals surface area (Å²) in [5.74, 6) is 0.766. The van der Waals surface area contributed by atoms with Gasteiger partial charge in [-0.05, 0) is 44.0 Å². The first-order valence-electron chi connectivity index (χ1n) is 9.63. The van der Waals surface area contributed by atoms with E-state index in [1.165, 1.54) is 5.56 Å². The van der Waals surface area contributed by atoms with Crippen LogP contribution in [0.4, 0.5) is 0 Å². The monoisotopic (exact) mass is 416 g/mol. The first-order valence-corrected chi connectivity index (χ1v) is 10.8. The molecule has 0 amide bonds. The van der Waals surface area contributed by atoms with Crippen molar-refractivity contribution < 1.29 is 0 Å². The number of nitrogens with zero attached hydrogens (tertiary/aromatic N) is 3. The number of H-pyrrole nitrogens is 1. The fourth-order valence-corrected chi connectivity index (χ4v) is 5.09. The highest BCUT2D eigenvalue weighted by molar-refractivity contribution is 7.18. The highest BCUT2D eigenvalue weighted by Crippen LogP contribution is 2.27. The molecule has 7 heteroatoms. The molecule has 3 heterocycles. The molecule has 0 saturated carbocycles. The van der Waals surface area contributed by atoms with Gasteiger partial charge in [0.15, 0.2) is 0 Å². The third kappa shape index (κ3) is 3.87. The average Bonchev–Trinajstić information content (AvgIpc) is 2.96. The number of hydrogen-bond donors (Lipinski definition) is 1. The molecule has 0 aliphatic carbocycles. The van der Waals surface area contributed by atoms with Crippen LogP contribution in [0.5, 0.6) is 0 Å². The number of aryl methyl sites for hydroxylation is 2. The number of fused-ring (bicyclic) bond motifs is 1. The van der Waals surface area contributed by atoms with Gasteiger partial charge in [0.1, 0.15) is 10.7 Å². The van der Waals surface area contributed by atoms with Crippen molar-refractivity contribution in [3.63, 3.8) is 0 Å². The Bertz CT molecular complexity index is 1050. The number of benzene rings is 1. The molecule has 1 fully saturated rings. The first kappa shape index (κ1) is 19.6. The summed E-state index contributed by atoms with van der Waals surface area (Å²) in [6.45, 7) is 11.0. The van der Waals surface area contributed by atoms with Crippen molar-refractivity contribution in [2.75, 3.05) is 26.2 Å². The van der Waals surface area contributed by atoms with Gasteiger partial charge in [-0.3, -0.25) is 14.6 Å². The number of rotatable bonds is 4. The Hall–Kier alpha value is -1.73. The summed E-state index contributed by atoms with van der Waals surface area (Å²) in [5, 5.41) is 1.53. The van der Waals surface area contributed by atoms with Crippen LogP contribution in [0.15, 0.2) is 29.1 Å². The maximum Gasteiger partial charge on any atom is 0.259 e. The molecule has 2 aromatic heterocycles. The number of piperazine rings is 1. The van der Waals surface area contributed by atoms with E-state index in [1.54, 1.807) is 11.3 Å². The number of thiophene rings is 1. The topological polar surface area (TPSA) is 52.2 Å². The summed E-state index contributed by atoms with van der Waals surface area (Å²) in [5.41, 5.74) is 2.27. The second-order valence-electron chi connectivity index (χ2n) is 7.53. The van der Waals surface area contributed by atoms with Crippen molar-refractivity contribution in [2.24, 2.45) is 0 Å². The lowest BCUT2D eigenvalue weighted by atomic mass is 10.1. The third-order valence-electron chi connectivity index (χ3n) is 5.70. The normalized spacial score (nSPS) is 17.3. The quantitative estimate of drug-likeness (QED) is 0.694. The number of aromatic nitrogens is 2. The van der Waals surface area contributed by atoms with Crippen LogP contribution in [0, 0.1) is 13.8 Å². The number of aromatic amines is 1. The van der Waals surface area contributed by atoms with E-state index in [1.807, 2.05) is 32.0 Å². The molecule has 1 aromatic carbocycles. The molecule has 0 bridgehead atoms. The van der Waals surface area contributed by atoms with E-state index >= 15 is 0 Å². The highest BCUT2D eigenvalue weighted by Gasteiger charge is 2.24. The summed E-state index contributed by atoms with van der Waals surface area (Å²) in [4.78, 5) is 27.2. The van der Waals surface area contributed by atoms with Gasteiger partial charge in [0, 0.05) is 42.6 Å². The maximum atomic E-state index is 12.6. The molecule has 1 N–H and O–H groups in total. The van der Waals surface area contributed by atoms with E-state index < -0.39 is 0 Å².